The Morgan fingerprint density at radius 2 is 1.15 bits per heavy atom. The Kier molecular flexibility index (Phi) is 7.72. The number of nitrogens with one attached hydrogen (secondary N) is 2. The fourth-order valence-electron chi connectivity index (χ4n) is 5.31. The van der Waals surface area contributed by atoms with Gasteiger partial charge in [0.05, 0.1) is 15.5 Å². The molecule has 0 aromatic heterocycles. The zero-order valence-electron chi connectivity index (χ0n) is 23.5. The summed E-state index contributed by atoms with van der Waals surface area (Å²) in [4.78, 5) is 26.7. The molecule has 3 aromatic carbocycles. The fraction of sp³-hybridized carbons (Fsp3) is 0.333. The lowest BCUT2D eigenvalue weighted by Gasteiger charge is -2.33. The number of anilines is 2. The van der Waals surface area contributed by atoms with Crippen molar-refractivity contribution in [1.29, 1.82) is 0 Å². The van der Waals surface area contributed by atoms with E-state index < -0.39 is 31.4 Å². The summed E-state index contributed by atoms with van der Waals surface area (Å²) in [7, 11) is -8.10. The van der Waals surface area contributed by atoms with Crippen molar-refractivity contribution in [2.24, 2.45) is 5.41 Å². The van der Waals surface area contributed by atoms with E-state index >= 15 is 0 Å². The highest BCUT2D eigenvalue weighted by atomic mass is 32.2. The van der Waals surface area contributed by atoms with Crippen LogP contribution in [0.15, 0.2) is 64.4 Å². The van der Waals surface area contributed by atoms with Crippen molar-refractivity contribution in [3.8, 4) is 0 Å². The molecule has 1 fully saturated rings. The van der Waals surface area contributed by atoms with Gasteiger partial charge in [-0.25, -0.2) is 16.8 Å². The number of benzene rings is 3. The van der Waals surface area contributed by atoms with Gasteiger partial charge in [0, 0.05) is 18.5 Å². The number of Topliss-reactive ketones (excluding diaryl/α,β-unsaturated/α-hetero) is 2. The molecule has 10 heteroatoms. The first kappa shape index (κ1) is 29.5. The summed E-state index contributed by atoms with van der Waals surface area (Å²) in [6.07, 6.45) is 0.260. The second-order valence-corrected chi connectivity index (χ2v) is 14.7. The van der Waals surface area contributed by atoms with E-state index in [1.807, 2.05) is 27.7 Å². The first-order valence-corrected chi connectivity index (χ1v) is 15.9. The number of sulfonamides is 2. The Balaban J connectivity index is 1.80. The minimum Gasteiger partial charge on any atom is -0.298 e. The zero-order chi connectivity index (χ0) is 29.6. The lowest BCUT2D eigenvalue weighted by atomic mass is 9.69. The highest BCUT2D eigenvalue weighted by Crippen LogP contribution is 2.41. The monoisotopic (exact) mass is 582 g/mol. The Bertz CT molecular complexity index is 1720. The van der Waals surface area contributed by atoms with E-state index in [1.165, 1.54) is 30.3 Å². The van der Waals surface area contributed by atoms with Gasteiger partial charge in [-0.05, 0) is 80.1 Å². The minimum atomic E-state index is -4.09. The van der Waals surface area contributed by atoms with Crippen LogP contribution in [0.3, 0.4) is 0 Å². The van der Waals surface area contributed by atoms with Crippen LogP contribution in [0.4, 0.5) is 11.4 Å². The molecule has 2 N–H and O–H groups in total. The summed E-state index contributed by atoms with van der Waals surface area (Å²) in [6, 6.07) is 14.1. The summed E-state index contributed by atoms with van der Waals surface area (Å²) in [5, 5.41) is 0. The molecule has 0 aliphatic heterocycles. The van der Waals surface area contributed by atoms with Crippen molar-refractivity contribution in [3.05, 3.63) is 82.4 Å². The van der Waals surface area contributed by atoms with Crippen molar-refractivity contribution in [3.63, 3.8) is 0 Å². The van der Waals surface area contributed by atoms with Gasteiger partial charge < -0.3 is 0 Å². The molecule has 3 aromatic rings. The van der Waals surface area contributed by atoms with Crippen molar-refractivity contribution < 1.29 is 26.4 Å². The van der Waals surface area contributed by atoms with Gasteiger partial charge in [-0.3, -0.25) is 19.0 Å². The number of hydrogen-bond donors (Lipinski definition) is 2. The van der Waals surface area contributed by atoms with E-state index in [2.05, 4.69) is 9.44 Å². The van der Waals surface area contributed by atoms with Crippen LogP contribution in [-0.2, 0) is 29.6 Å². The maximum atomic E-state index is 13.4. The second kappa shape index (κ2) is 10.5. The van der Waals surface area contributed by atoms with Gasteiger partial charge in [0.25, 0.3) is 20.0 Å². The summed E-state index contributed by atoms with van der Waals surface area (Å²) in [5.41, 5.74) is 2.65. The molecule has 0 amide bonds. The first-order valence-electron chi connectivity index (χ1n) is 12.9. The van der Waals surface area contributed by atoms with Crippen LogP contribution < -0.4 is 9.44 Å². The summed E-state index contributed by atoms with van der Waals surface area (Å²) < 4.78 is 58.4. The van der Waals surface area contributed by atoms with Gasteiger partial charge in [-0.2, -0.15) is 0 Å². The molecule has 0 heterocycles. The van der Waals surface area contributed by atoms with Crippen LogP contribution >= 0.6 is 0 Å². The largest absolute Gasteiger partial charge is 0.298 e. The molecule has 4 rings (SSSR count). The van der Waals surface area contributed by atoms with Crippen LogP contribution in [-0.4, -0.2) is 28.4 Å². The first-order chi connectivity index (χ1) is 18.5. The number of aryl methyl sites for hydroxylation is 4. The van der Waals surface area contributed by atoms with Gasteiger partial charge in [-0.1, -0.05) is 49.2 Å². The van der Waals surface area contributed by atoms with E-state index in [1.54, 1.807) is 38.1 Å². The summed E-state index contributed by atoms with van der Waals surface area (Å²) in [5.74, 6) is -1.92. The predicted molar refractivity (Wildman–Crippen MR) is 156 cm³/mol. The van der Waals surface area contributed by atoms with Gasteiger partial charge in [0.2, 0.25) is 0 Å². The molecule has 1 aliphatic rings. The summed E-state index contributed by atoms with van der Waals surface area (Å²) in [6.45, 7) is 10.8. The molecular weight excluding hydrogens is 548 g/mol. The van der Waals surface area contributed by atoms with Crippen LogP contribution in [0.1, 0.15) is 60.4 Å². The molecule has 8 nitrogen and oxygen atoms in total. The lowest BCUT2D eigenvalue weighted by Crippen LogP contribution is -2.36. The average molecular weight is 583 g/mol. The Labute approximate surface area is 236 Å². The smallest absolute Gasteiger partial charge is 0.262 e. The fourth-order valence-corrected chi connectivity index (χ4v) is 7.90. The third kappa shape index (κ3) is 6.13. The standard InChI is InChI=1S/C30H34N2O6S2/c1-18-7-11-27(20(3)13-18)39(35,36)31-22-9-10-24(32-40(37,38)28-12-8-19(2)14-21(28)4)23(15-22)29-25(33)16-30(5,6)17-26(29)34/h7-15,29,31-32H,16-17H2,1-6H3. The second-order valence-electron chi connectivity index (χ2n) is 11.4. The zero-order valence-corrected chi connectivity index (χ0v) is 25.1. The van der Waals surface area contributed by atoms with Crippen molar-refractivity contribution in [1.82, 2.24) is 0 Å². The average Bonchev–Trinajstić information content (AvgIpc) is 2.78. The SMILES string of the molecule is Cc1ccc(S(=O)(=O)Nc2ccc(NS(=O)(=O)c3ccc(C)cc3C)c(C3C(=O)CC(C)(C)CC3=O)c2)c(C)c1. The molecule has 212 valence electrons. The maximum absolute atomic E-state index is 13.4. The molecule has 0 bridgehead atoms. The van der Waals surface area contributed by atoms with Gasteiger partial charge in [0.1, 0.15) is 17.5 Å². The topological polar surface area (TPSA) is 126 Å². The molecule has 0 radical (unpaired) electrons. The third-order valence-corrected chi connectivity index (χ3v) is 10.1. The number of hydrogen-bond acceptors (Lipinski definition) is 6. The van der Waals surface area contributed by atoms with Gasteiger partial charge >= 0.3 is 0 Å². The number of ketones is 2. The quantitative estimate of drug-likeness (QED) is 0.351. The van der Waals surface area contributed by atoms with E-state index in [4.69, 9.17) is 0 Å². The van der Waals surface area contributed by atoms with Crippen LogP contribution in [0.2, 0.25) is 0 Å². The number of carbonyl (C=O) groups is 2. The van der Waals surface area contributed by atoms with Crippen molar-refractivity contribution in [2.45, 2.75) is 70.1 Å². The highest BCUT2D eigenvalue weighted by Gasteiger charge is 2.41. The minimum absolute atomic E-state index is 0.0424. The summed E-state index contributed by atoms with van der Waals surface area (Å²) >= 11 is 0. The van der Waals surface area contributed by atoms with E-state index in [0.29, 0.717) is 11.1 Å². The molecule has 0 unspecified atom stereocenters. The van der Waals surface area contributed by atoms with Crippen molar-refractivity contribution >= 4 is 43.0 Å². The van der Waals surface area contributed by atoms with Gasteiger partial charge in [0.15, 0.2) is 0 Å². The number of carbonyl (C=O) groups excluding carboxylic acids is 2. The van der Waals surface area contributed by atoms with Crippen LogP contribution in [0, 0.1) is 33.1 Å². The van der Waals surface area contributed by atoms with E-state index in [9.17, 15) is 26.4 Å². The normalized spacial score (nSPS) is 16.1. The molecule has 1 saturated carbocycles. The molecule has 0 atom stereocenters. The Hall–Kier alpha value is -3.50. The van der Waals surface area contributed by atoms with E-state index in [-0.39, 0.29) is 51.1 Å². The third-order valence-electron chi connectivity index (χ3n) is 7.05. The van der Waals surface area contributed by atoms with Crippen molar-refractivity contribution in [2.75, 3.05) is 9.44 Å². The Morgan fingerprint density at radius 1 is 0.675 bits per heavy atom. The lowest BCUT2D eigenvalue weighted by molar-refractivity contribution is -0.135. The Morgan fingerprint density at radius 3 is 1.62 bits per heavy atom. The molecule has 1 aliphatic carbocycles. The van der Waals surface area contributed by atoms with Gasteiger partial charge in [-0.15, -0.1) is 0 Å². The maximum Gasteiger partial charge on any atom is 0.262 e. The van der Waals surface area contributed by atoms with E-state index in [0.717, 1.165) is 11.1 Å². The highest BCUT2D eigenvalue weighted by molar-refractivity contribution is 7.93. The van der Waals surface area contributed by atoms with Crippen LogP contribution in [0.25, 0.3) is 0 Å². The predicted octanol–water partition coefficient (Wildman–Crippen LogP) is 5.56. The van der Waals surface area contributed by atoms with Crippen LogP contribution in [0.5, 0.6) is 0 Å². The molecule has 0 spiro atoms. The molecule has 40 heavy (non-hydrogen) atoms. The molecular formula is C30H34N2O6S2. The number of rotatable bonds is 7. The molecule has 0 saturated heterocycles.